The summed E-state index contributed by atoms with van der Waals surface area (Å²) in [5.74, 6) is -0.789. The van der Waals surface area contributed by atoms with Crippen LogP contribution in [0.15, 0.2) is 24.3 Å². The SMILES string of the molecule is CS(=O)(=O)C1(C(=O)NCCNC(=O)c2ccc(Cl)cc2)CCNCC1.Cl. The van der Waals surface area contributed by atoms with Gasteiger partial charge in [0.15, 0.2) is 14.6 Å². The molecular weight excluding hydrogens is 401 g/mol. The molecule has 7 nitrogen and oxygen atoms in total. The Bertz CT molecular complexity index is 732. The van der Waals surface area contributed by atoms with Gasteiger partial charge in [-0.15, -0.1) is 12.4 Å². The van der Waals surface area contributed by atoms with E-state index in [0.717, 1.165) is 6.26 Å². The minimum Gasteiger partial charge on any atom is -0.353 e. The lowest BCUT2D eigenvalue weighted by Crippen LogP contribution is -2.57. The van der Waals surface area contributed by atoms with Crippen molar-refractivity contribution in [3.8, 4) is 0 Å². The lowest BCUT2D eigenvalue weighted by molar-refractivity contribution is -0.124. The van der Waals surface area contributed by atoms with Crippen molar-refractivity contribution in [3.63, 3.8) is 0 Å². The quantitative estimate of drug-likeness (QED) is 0.586. The van der Waals surface area contributed by atoms with E-state index in [0.29, 0.717) is 23.7 Å². The van der Waals surface area contributed by atoms with E-state index in [1.165, 1.54) is 0 Å². The van der Waals surface area contributed by atoms with Gasteiger partial charge in [-0.2, -0.15) is 0 Å². The summed E-state index contributed by atoms with van der Waals surface area (Å²) < 4.78 is 22.9. The maximum atomic E-state index is 12.5. The number of amides is 2. The maximum absolute atomic E-state index is 12.5. The summed E-state index contributed by atoms with van der Waals surface area (Å²) in [5, 5.41) is 8.90. The molecule has 1 aromatic rings. The molecule has 2 rings (SSSR count). The summed E-state index contributed by atoms with van der Waals surface area (Å²) in [6.07, 6.45) is 1.59. The second-order valence-electron chi connectivity index (χ2n) is 6.04. The van der Waals surface area contributed by atoms with Crippen LogP contribution in [0, 0.1) is 0 Å². The first-order chi connectivity index (χ1) is 11.8. The summed E-state index contributed by atoms with van der Waals surface area (Å²) in [6, 6.07) is 6.43. The number of rotatable bonds is 6. The van der Waals surface area contributed by atoms with Gasteiger partial charge in [0.25, 0.3) is 5.91 Å². The van der Waals surface area contributed by atoms with Crippen molar-refractivity contribution in [1.82, 2.24) is 16.0 Å². The van der Waals surface area contributed by atoms with E-state index < -0.39 is 20.5 Å². The molecule has 0 bridgehead atoms. The van der Waals surface area contributed by atoms with Crippen LogP contribution in [0.25, 0.3) is 0 Å². The average Bonchev–Trinajstić information content (AvgIpc) is 2.58. The lowest BCUT2D eigenvalue weighted by atomic mass is 9.96. The minimum absolute atomic E-state index is 0. The van der Waals surface area contributed by atoms with Gasteiger partial charge in [-0.1, -0.05) is 11.6 Å². The van der Waals surface area contributed by atoms with Crippen LogP contribution in [-0.4, -0.2) is 57.4 Å². The summed E-state index contributed by atoms with van der Waals surface area (Å²) >= 11 is 5.77. The number of hydrogen-bond acceptors (Lipinski definition) is 5. The third-order valence-corrected chi connectivity index (χ3v) is 6.60. The molecule has 0 atom stereocenters. The summed E-state index contributed by atoms with van der Waals surface area (Å²) in [7, 11) is -3.54. The molecule has 2 amide bonds. The van der Waals surface area contributed by atoms with Crippen LogP contribution in [0.1, 0.15) is 23.2 Å². The fourth-order valence-electron chi connectivity index (χ4n) is 2.81. The fourth-order valence-corrected chi connectivity index (χ4v) is 4.29. The summed E-state index contributed by atoms with van der Waals surface area (Å²) in [6.45, 7) is 1.32. The molecule has 0 saturated carbocycles. The third-order valence-electron chi connectivity index (χ3n) is 4.34. The van der Waals surface area contributed by atoms with Crippen molar-refractivity contribution in [3.05, 3.63) is 34.9 Å². The minimum atomic E-state index is -3.54. The number of carbonyl (C=O) groups is 2. The molecule has 146 valence electrons. The molecule has 1 saturated heterocycles. The Hall–Kier alpha value is -1.35. The largest absolute Gasteiger partial charge is 0.353 e. The van der Waals surface area contributed by atoms with E-state index in [9.17, 15) is 18.0 Å². The van der Waals surface area contributed by atoms with Gasteiger partial charge in [0.05, 0.1) is 0 Å². The van der Waals surface area contributed by atoms with Gasteiger partial charge < -0.3 is 16.0 Å². The monoisotopic (exact) mass is 423 g/mol. The van der Waals surface area contributed by atoms with Crippen LogP contribution < -0.4 is 16.0 Å². The van der Waals surface area contributed by atoms with Crippen LogP contribution in [0.4, 0.5) is 0 Å². The Labute approximate surface area is 164 Å². The van der Waals surface area contributed by atoms with Crippen molar-refractivity contribution in [1.29, 1.82) is 0 Å². The maximum Gasteiger partial charge on any atom is 0.251 e. The number of sulfone groups is 1. The van der Waals surface area contributed by atoms with Crippen LogP contribution in [0.5, 0.6) is 0 Å². The first-order valence-corrected chi connectivity index (χ1v) is 10.3. The Balaban J connectivity index is 0.00000338. The van der Waals surface area contributed by atoms with Crippen molar-refractivity contribution in [2.75, 3.05) is 32.4 Å². The fraction of sp³-hybridized carbons (Fsp3) is 0.500. The van der Waals surface area contributed by atoms with Crippen molar-refractivity contribution >= 4 is 45.7 Å². The van der Waals surface area contributed by atoms with Crippen LogP contribution in [0.3, 0.4) is 0 Å². The molecule has 0 radical (unpaired) electrons. The Morgan fingerprint density at radius 3 is 2.19 bits per heavy atom. The molecule has 10 heteroatoms. The standard InChI is InChI=1S/C16H22ClN3O4S.ClH/c1-25(23,24)16(6-8-18-9-7-16)15(22)20-11-10-19-14(21)12-2-4-13(17)5-3-12;/h2-5,18H,6-11H2,1H3,(H,19,21)(H,20,22);1H. The molecular formula is C16H23Cl2N3O4S. The second kappa shape index (κ2) is 9.55. The van der Waals surface area contributed by atoms with Crippen molar-refractivity contribution < 1.29 is 18.0 Å². The van der Waals surface area contributed by atoms with Crippen LogP contribution in [0.2, 0.25) is 5.02 Å². The topological polar surface area (TPSA) is 104 Å². The van der Waals surface area contributed by atoms with E-state index in [4.69, 9.17) is 11.6 Å². The molecule has 3 N–H and O–H groups in total. The third kappa shape index (κ3) is 5.33. The number of nitrogens with one attached hydrogen (secondary N) is 3. The van der Waals surface area contributed by atoms with E-state index in [-0.39, 0.29) is 44.2 Å². The zero-order valence-electron chi connectivity index (χ0n) is 14.4. The number of carbonyl (C=O) groups excluding carboxylic acids is 2. The molecule has 0 aliphatic carbocycles. The molecule has 1 aliphatic heterocycles. The molecule has 1 fully saturated rings. The number of benzene rings is 1. The van der Waals surface area contributed by atoms with Gasteiger partial charge in [0.2, 0.25) is 5.91 Å². The first kappa shape index (κ1) is 22.7. The highest BCUT2D eigenvalue weighted by molar-refractivity contribution is 7.92. The van der Waals surface area contributed by atoms with Gasteiger partial charge >= 0.3 is 0 Å². The molecule has 0 unspecified atom stereocenters. The average molecular weight is 424 g/mol. The molecule has 26 heavy (non-hydrogen) atoms. The normalized spacial score (nSPS) is 16.2. The van der Waals surface area contributed by atoms with Gasteiger partial charge in [0, 0.05) is 29.9 Å². The van der Waals surface area contributed by atoms with Crippen LogP contribution >= 0.6 is 24.0 Å². The zero-order chi connectivity index (χ0) is 18.5. The molecule has 0 spiro atoms. The number of hydrogen-bond donors (Lipinski definition) is 3. The lowest BCUT2D eigenvalue weighted by Gasteiger charge is -2.34. The number of halogens is 2. The Kier molecular flexibility index (Phi) is 8.33. The zero-order valence-corrected chi connectivity index (χ0v) is 16.8. The summed E-state index contributed by atoms with van der Waals surface area (Å²) in [4.78, 5) is 24.4. The van der Waals surface area contributed by atoms with E-state index in [1.807, 2.05) is 0 Å². The second-order valence-corrected chi connectivity index (χ2v) is 8.80. The molecule has 0 aromatic heterocycles. The predicted octanol–water partition coefficient (Wildman–Crippen LogP) is 0.775. The van der Waals surface area contributed by atoms with Crippen LogP contribution in [-0.2, 0) is 14.6 Å². The highest BCUT2D eigenvalue weighted by atomic mass is 35.5. The van der Waals surface area contributed by atoms with E-state index in [1.54, 1.807) is 24.3 Å². The Morgan fingerprint density at radius 2 is 1.65 bits per heavy atom. The van der Waals surface area contributed by atoms with Gasteiger partial charge in [-0.3, -0.25) is 9.59 Å². The number of piperidine rings is 1. The smallest absolute Gasteiger partial charge is 0.251 e. The van der Waals surface area contributed by atoms with Crippen molar-refractivity contribution in [2.24, 2.45) is 0 Å². The molecule has 1 aliphatic rings. The summed E-state index contributed by atoms with van der Waals surface area (Å²) in [5.41, 5.74) is 0.460. The van der Waals surface area contributed by atoms with E-state index in [2.05, 4.69) is 16.0 Å². The molecule has 1 aromatic carbocycles. The predicted molar refractivity (Wildman–Crippen MR) is 104 cm³/mol. The highest BCUT2D eigenvalue weighted by Gasteiger charge is 2.48. The van der Waals surface area contributed by atoms with Gasteiger partial charge in [0.1, 0.15) is 0 Å². The van der Waals surface area contributed by atoms with Crippen molar-refractivity contribution in [2.45, 2.75) is 17.6 Å². The highest BCUT2D eigenvalue weighted by Crippen LogP contribution is 2.27. The Morgan fingerprint density at radius 1 is 1.12 bits per heavy atom. The first-order valence-electron chi connectivity index (χ1n) is 7.99. The van der Waals surface area contributed by atoms with E-state index >= 15 is 0 Å². The van der Waals surface area contributed by atoms with Gasteiger partial charge in [-0.05, 0) is 50.2 Å². The van der Waals surface area contributed by atoms with Gasteiger partial charge in [-0.25, -0.2) is 8.42 Å². The molecule has 1 heterocycles.